The van der Waals surface area contributed by atoms with E-state index in [9.17, 15) is 14.7 Å². The van der Waals surface area contributed by atoms with E-state index in [1.54, 1.807) is 26.8 Å². The van der Waals surface area contributed by atoms with Gasteiger partial charge in [0.25, 0.3) is 0 Å². The van der Waals surface area contributed by atoms with Crippen LogP contribution in [0.4, 0.5) is 0 Å². The summed E-state index contributed by atoms with van der Waals surface area (Å²) in [7, 11) is 1.89. The standard InChI is InChI=1S/C18H24N2O4/c1-9-7-14(12(4)20(9)6)15(22)8-24-18(23)17-10(2)16(13(5)21)11(3)19-17/h7,13,19,21H,8H2,1-6H3/t13-/m0/s1. The molecule has 2 aromatic heterocycles. The molecule has 6 heteroatoms. The van der Waals surface area contributed by atoms with Gasteiger partial charge in [-0.25, -0.2) is 4.79 Å². The van der Waals surface area contributed by atoms with E-state index < -0.39 is 12.1 Å². The van der Waals surface area contributed by atoms with Gasteiger partial charge in [-0.1, -0.05) is 0 Å². The van der Waals surface area contributed by atoms with Crippen molar-refractivity contribution in [1.29, 1.82) is 0 Å². The molecule has 0 aromatic carbocycles. The fraction of sp³-hybridized carbons (Fsp3) is 0.444. The van der Waals surface area contributed by atoms with Crippen LogP contribution in [0.15, 0.2) is 6.07 Å². The first-order valence-electron chi connectivity index (χ1n) is 7.85. The number of nitrogens with one attached hydrogen (secondary N) is 1. The quantitative estimate of drug-likeness (QED) is 0.651. The number of ketones is 1. The largest absolute Gasteiger partial charge is 0.453 e. The Morgan fingerprint density at radius 3 is 2.38 bits per heavy atom. The van der Waals surface area contributed by atoms with Crippen molar-refractivity contribution < 1.29 is 19.4 Å². The average molecular weight is 332 g/mol. The molecule has 0 fully saturated rings. The third-order valence-corrected chi connectivity index (χ3v) is 4.53. The molecule has 0 saturated carbocycles. The number of nitrogens with zero attached hydrogens (tertiary/aromatic N) is 1. The van der Waals surface area contributed by atoms with E-state index in [2.05, 4.69) is 4.98 Å². The number of hydrogen-bond acceptors (Lipinski definition) is 4. The second-order valence-corrected chi connectivity index (χ2v) is 6.18. The second-order valence-electron chi connectivity index (χ2n) is 6.18. The highest BCUT2D eigenvalue weighted by Crippen LogP contribution is 2.25. The maximum atomic E-state index is 12.3. The first kappa shape index (κ1) is 18.0. The predicted octanol–water partition coefficient (Wildman–Crippen LogP) is 2.68. The zero-order valence-corrected chi connectivity index (χ0v) is 15.0. The lowest BCUT2D eigenvalue weighted by Gasteiger charge is -2.06. The number of H-pyrrole nitrogens is 1. The van der Waals surface area contributed by atoms with Gasteiger partial charge >= 0.3 is 5.97 Å². The van der Waals surface area contributed by atoms with E-state index in [4.69, 9.17) is 4.74 Å². The molecule has 6 nitrogen and oxygen atoms in total. The summed E-state index contributed by atoms with van der Waals surface area (Å²) in [4.78, 5) is 27.5. The summed E-state index contributed by atoms with van der Waals surface area (Å²) in [5.41, 5.74) is 4.70. The Balaban J connectivity index is 2.12. The molecule has 0 aliphatic rings. The number of carbonyl (C=O) groups is 2. The van der Waals surface area contributed by atoms with Crippen LogP contribution < -0.4 is 0 Å². The minimum Gasteiger partial charge on any atom is -0.453 e. The van der Waals surface area contributed by atoms with E-state index >= 15 is 0 Å². The third kappa shape index (κ3) is 3.14. The summed E-state index contributed by atoms with van der Waals surface area (Å²) >= 11 is 0. The van der Waals surface area contributed by atoms with Crippen molar-refractivity contribution in [2.75, 3.05) is 6.61 Å². The Morgan fingerprint density at radius 1 is 1.29 bits per heavy atom. The molecule has 2 aromatic rings. The third-order valence-electron chi connectivity index (χ3n) is 4.53. The monoisotopic (exact) mass is 332 g/mol. The molecular weight excluding hydrogens is 308 g/mol. The number of aryl methyl sites for hydroxylation is 2. The van der Waals surface area contributed by atoms with Crippen molar-refractivity contribution in [2.45, 2.75) is 40.7 Å². The molecule has 0 amide bonds. The Hall–Kier alpha value is -2.34. The number of aliphatic hydroxyl groups is 1. The highest BCUT2D eigenvalue weighted by molar-refractivity contribution is 6.00. The summed E-state index contributed by atoms with van der Waals surface area (Å²) in [6, 6.07) is 1.79. The number of esters is 1. The number of aromatic amines is 1. The molecule has 0 saturated heterocycles. The van der Waals surface area contributed by atoms with E-state index in [-0.39, 0.29) is 18.1 Å². The normalized spacial score (nSPS) is 12.3. The summed E-state index contributed by atoms with van der Waals surface area (Å²) in [5.74, 6) is -0.831. The first-order chi connectivity index (χ1) is 11.1. The van der Waals surface area contributed by atoms with Crippen molar-refractivity contribution in [3.63, 3.8) is 0 Å². The Labute approximate surface area is 141 Å². The predicted molar refractivity (Wildman–Crippen MR) is 90.4 cm³/mol. The molecule has 0 spiro atoms. The maximum Gasteiger partial charge on any atom is 0.355 e. The Bertz CT molecular complexity index is 797. The molecular formula is C18H24N2O4. The van der Waals surface area contributed by atoms with Crippen molar-refractivity contribution in [1.82, 2.24) is 9.55 Å². The van der Waals surface area contributed by atoms with Crippen LogP contribution in [0.3, 0.4) is 0 Å². The highest BCUT2D eigenvalue weighted by atomic mass is 16.5. The summed E-state index contributed by atoms with van der Waals surface area (Å²) in [6.45, 7) is 8.63. The van der Waals surface area contributed by atoms with Gasteiger partial charge in [0.1, 0.15) is 5.69 Å². The van der Waals surface area contributed by atoms with Crippen LogP contribution >= 0.6 is 0 Å². The van der Waals surface area contributed by atoms with E-state index in [1.165, 1.54) is 0 Å². The lowest BCUT2D eigenvalue weighted by atomic mass is 10.1. The first-order valence-corrected chi connectivity index (χ1v) is 7.85. The molecule has 2 heterocycles. The summed E-state index contributed by atoms with van der Waals surface area (Å²) < 4.78 is 7.09. The number of aliphatic hydroxyl groups excluding tert-OH is 1. The number of carbonyl (C=O) groups excluding carboxylic acids is 2. The number of ether oxygens (including phenoxy) is 1. The molecule has 130 valence electrons. The van der Waals surface area contributed by atoms with Crippen LogP contribution in [0.5, 0.6) is 0 Å². The molecule has 0 radical (unpaired) electrons. The zero-order chi connectivity index (χ0) is 18.2. The smallest absolute Gasteiger partial charge is 0.355 e. The molecule has 0 unspecified atom stereocenters. The molecule has 0 aliphatic carbocycles. The summed E-state index contributed by atoms with van der Waals surface area (Å²) in [6.07, 6.45) is -0.681. The van der Waals surface area contributed by atoms with Crippen molar-refractivity contribution >= 4 is 11.8 Å². The maximum absolute atomic E-state index is 12.3. The number of rotatable bonds is 5. The van der Waals surface area contributed by atoms with Gasteiger partial charge in [-0.15, -0.1) is 0 Å². The number of Topliss-reactive ketones (excluding diaryl/α,β-unsaturated/α-hetero) is 1. The SMILES string of the molecule is Cc1[nH]c(C(=O)OCC(=O)c2cc(C)n(C)c2C)c(C)c1[C@H](C)O. The van der Waals surface area contributed by atoms with Crippen LogP contribution in [0.25, 0.3) is 0 Å². The zero-order valence-electron chi connectivity index (χ0n) is 15.0. The fourth-order valence-electron chi connectivity index (χ4n) is 3.01. The average Bonchev–Trinajstić information content (AvgIpc) is 2.95. The van der Waals surface area contributed by atoms with Crippen LogP contribution in [0.2, 0.25) is 0 Å². The van der Waals surface area contributed by atoms with Crippen LogP contribution in [-0.4, -0.2) is 33.0 Å². The fourth-order valence-corrected chi connectivity index (χ4v) is 3.01. The Kier molecular flexibility index (Phi) is 4.99. The van der Waals surface area contributed by atoms with Crippen LogP contribution in [0, 0.1) is 27.7 Å². The number of hydrogen-bond donors (Lipinski definition) is 2. The Morgan fingerprint density at radius 2 is 1.92 bits per heavy atom. The second kappa shape index (κ2) is 6.65. The van der Waals surface area contributed by atoms with Gasteiger partial charge in [0.2, 0.25) is 5.78 Å². The van der Waals surface area contributed by atoms with E-state index in [1.807, 2.05) is 25.5 Å². The molecule has 1 atom stereocenters. The van der Waals surface area contributed by atoms with E-state index in [0.29, 0.717) is 16.7 Å². The lowest BCUT2D eigenvalue weighted by molar-refractivity contribution is 0.0468. The van der Waals surface area contributed by atoms with Gasteiger partial charge in [0.15, 0.2) is 6.61 Å². The van der Waals surface area contributed by atoms with Gasteiger partial charge in [-0.05, 0) is 46.2 Å². The van der Waals surface area contributed by atoms with Crippen LogP contribution in [0.1, 0.15) is 62.1 Å². The van der Waals surface area contributed by atoms with Gasteiger partial charge in [0, 0.05) is 35.3 Å². The minimum absolute atomic E-state index is 0.235. The number of aromatic nitrogens is 2. The van der Waals surface area contributed by atoms with Gasteiger partial charge in [-0.2, -0.15) is 0 Å². The van der Waals surface area contributed by atoms with Gasteiger partial charge < -0.3 is 19.4 Å². The summed E-state index contributed by atoms with van der Waals surface area (Å²) in [5, 5.41) is 9.78. The lowest BCUT2D eigenvalue weighted by Crippen LogP contribution is -2.16. The van der Waals surface area contributed by atoms with Crippen molar-refractivity contribution in [2.24, 2.45) is 7.05 Å². The molecule has 24 heavy (non-hydrogen) atoms. The molecule has 0 bridgehead atoms. The van der Waals surface area contributed by atoms with Gasteiger partial charge in [0.05, 0.1) is 6.10 Å². The van der Waals surface area contributed by atoms with Crippen molar-refractivity contribution in [3.05, 3.63) is 45.5 Å². The molecule has 2 N–H and O–H groups in total. The molecule has 0 aliphatic heterocycles. The van der Waals surface area contributed by atoms with E-state index in [0.717, 1.165) is 17.1 Å². The van der Waals surface area contributed by atoms with Crippen LogP contribution in [-0.2, 0) is 11.8 Å². The van der Waals surface area contributed by atoms with Crippen molar-refractivity contribution in [3.8, 4) is 0 Å². The minimum atomic E-state index is -0.681. The molecule has 2 rings (SSSR count). The van der Waals surface area contributed by atoms with Gasteiger partial charge in [-0.3, -0.25) is 4.79 Å². The topological polar surface area (TPSA) is 84.3 Å². The highest BCUT2D eigenvalue weighted by Gasteiger charge is 2.22.